The van der Waals surface area contributed by atoms with Gasteiger partial charge in [-0.3, -0.25) is 0 Å². The van der Waals surface area contributed by atoms with Crippen LogP contribution in [0.2, 0.25) is 0 Å². The van der Waals surface area contributed by atoms with Gasteiger partial charge in [0.1, 0.15) is 0 Å². The molecule has 0 fully saturated rings. The monoisotopic (exact) mass is 125 g/mol. The van der Waals surface area contributed by atoms with Gasteiger partial charge in [0.05, 0.1) is 0 Å². The summed E-state index contributed by atoms with van der Waals surface area (Å²) >= 11 is 0. The Hall–Kier alpha value is 1.21. The van der Waals surface area contributed by atoms with E-state index in [0.29, 0.717) is 0 Å². The molecule has 0 saturated heterocycles. The molecule has 0 aromatic rings. The van der Waals surface area contributed by atoms with Gasteiger partial charge in [-0.15, -0.1) is 0 Å². The van der Waals surface area contributed by atoms with E-state index in [9.17, 15) is 0 Å². The van der Waals surface area contributed by atoms with Crippen LogP contribution in [0, 0.1) is 0 Å². The molecule has 0 aliphatic rings. The van der Waals surface area contributed by atoms with E-state index in [1.54, 1.807) is 0 Å². The zero-order valence-corrected chi connectivity index (χ0v) is 6.01. The second kappa shape index (κ2) is 3.40. The minimum atomic E-state index is 0.289. The molecule has 0 saturated carbocycles. The van der Waals surface area contributed by atoms with Gasteiger partial charge in [-0.25, -0.2) is 0 Å². The topological polar surface area (TPSA) is 0 Å². The van der Waals surface area contributed by atoms with E-state index in [1.807, 2.05) is 0 Å². The van der Waals surface area contributed by atoms with Crippen LogP contribution in [0.25, 0.3) is 0 Å². The fourth-order valence-electron chi connectivity index (χ4n) is 0. The van der Waals surface area contributed by atoms with Crippen LogP contribution in [-0.4, -0.2) is 5.75 Å². The van der Waals surface area contributed by atoms with E-state index in [0.717, 1.165) is 5.75 Å². The van der Waals surface area contributed by atoms with Crippen molar-refractivity contribution in [3.8, 4) is 0 Å². The Labute approximate surface area is 39.1 Å². The molecule has 0 aromatic heterocycles. The molecular weight excluding hydrogens is 118 g/mol. The predicted molar refractivity (Wildman–Crippen MR) is 34.5 cm³/mol. The molecule has 0 N–H and O–H groups in total. The molecule has 0 spiro atoms. The van der Waals surface area contributed by atoms with Crippen molar-refractivity contribution < 1.29 is 0 Å². The van der Waals surface area contributed by atoms with Crippen LogP contribution in [0.15, 0.2) is 0 Å². The molecule has 5 heavy (non-hydrogen) atoms. The summed E-state index contributed by atoms with van der Waals surface area (Å²) in [6, 6.07) is 0. The number of rotatable bonds is 0. The summed E-state index contributed by atoms with van der Waals surface area (Å²) in [4.78, 5) is 0. The molecule has 0 heterocycles. The third kappa shape index (κ3) is 5.21. The molecule has 0 aromatic carbocycles. The summed E-state index contributed by atoms with van der Waals surface area (Å²) in [5.41, 5.74) is 0. The van der Waals surface area contributed by atoms with E-state index >= 15 is 0 Å². The van der Waals surface area contributed by atoms with Crippen LogP contribution in [0.4, 0.5) is 0 Å². The summed E-state index contributed by atoms with van der Waals surface area (Å²) in [5, 5.41) is 0. The number of hydrogen-bond donors (Lipinski definition) is 0. The van der Waals surface area contributed by atoms with Crippen LogP contribution < -0.4 is 0 Å². The third-order valence-corrected chi connectivity index (χ3v) is 2.66. The Kier molecular flexibility index (Phi) is 4.23. The maximum atomic E-state index is 4.09. The van der Waals surface area contributed by atoms with Crippen LogP contribution in [0.5, 0.6) is 0 Å². The predicted octanol–water partition coefficient (Wildman–Crippen LogP) is 1.74. The third-order valence-electron chi connectivity index (χ3n) is 0.296. The van der Waals surface area contributed by atoms with E-state index in [4.69, 9.17) is 0 Å². The molecule has 0 amide bonds. The second-order valence-electron chi connectivity index (χ2n) is 0.690. The summed E-state index contributed by atoms with van der Waals surface area (Å²) < 4.78 is 0. The molecule has 0 aliphatic carbocycles. The Morgan fingerprint density at radius 3 is 2.20 bits per heavy atom. The average Bonchev–Trinajstić information content (AvgIpc) is 1.38. The Bertz CT molecular complexity index is 69.5. The zero-order chi connectivity index (χ0) is 4.28. The van der Waals surface area contributed by atoms with E-state index in [-0.39, 0.29) is 9.49 Å². The molecule has 32 valence electrons. The standard InChI is InChI=1S/C2H7P2S/c1-2-5(3)4/h2-3H2,1H3/q-1. The first-order chi connectivity index (χ1) is 2.27. The molecule has 3 heteroatoms. The number of hydrogen-bond acceptors (Lipinski definition) is 1. The fourth-order valence-corrected chi connectivity index (χ4v) is 0. The van der Waals surface area contributed by atoms with Crippen molar-refractivity contribution in [2.75, 3.05) is 5.75 Å². The molecular formula is C2H7P2S-. The van der Waals surface area contributed by atoms with Gasteiger partial charge in [0.15, 0.2) is 0 Å². The molecule has 0 nitrogen and oxygen atoms in total. The van der Waals surface area contributed by atoms with Crippen LogP contribution in [0.3, 0.4) is 0 Å². The summed E-state index contributed by atoms with van der Waals surface area (Å²) in [5.74, 6) is 1.16. The zero-order valence-electron chi connectivity index (χ0n) is 3.14. The first kappa shape index (κ1) is 6.21. The van der Waals surface area contributed by atoms with Gasteiger partial charge in [-0.2, -0.15) is 0 Å². The molecule has 1 unspecified atom stereocenters. The maximum absolute atomic E-state index is 4.09. The van der Waals surface area contributed by atoms with Gasteiger partial charge in [0.2, 0.25) is 0 Å². The van der Waals surface area contributed by atoms with Gasteiger partial charge in [-0.05, 0) is 0 Å². The summed E-state index contributed by atoms with van der Waals surface area (Å²) in [7, 11) is 7.00. The second-order valence-corrected chi connectivity index (χ2v) is 6.37. The van der Waals surface area contributed by atoms with Gasteiger partial charge < -0.3 is 0 Å². The molecule has 0 aliphatic heterocycles. The summed E-state index contributed by atoms with van der Waals surface area (Å²) in [6.07, 6.45) is 0. The Morgan fingerprint density at radius 2 is 2.20 bits per heavy atom. The summed E-state index contributed by atoms with van der Waals surface area (Å²) in [6.45, 7) is 2.11. The Morgan fingerprint density at radius 1 is 2.00 bits per heavy atom. The van der Waals surface area contributed by atoms with Crippen LogP contribution >= 0.6 is 16.3 Å². The minimum absolute atomic E-state index is 0.289. The SMILES string of the molecule is CC[S-](#P)P. The van der Waals surface area contributed by atoms with E-state index in [2.05, 4.69) is 23.2 Å². The average molecular weight is 125 g/mol. The van der Waals surface area contributed by atoms with E-state index < -0.39 is 0 Å². The molecule has 0 bridgehead atoms. The van der Waals surface area contributed by atoms with Crippen LogP contribution in [0.1, 0.15) is 6.92 Å². The van der Waals surface area contributed by atoms with Gasteiger partial charge in [0.25, 0.3) is 0 Å². The van der Waals surface area contributed by atoms with Gasteiger partial charge in [0, 0.05) is 0 Å². The van der Waals surface area contributed by atoms with Crippen molar-refractivity contribution in [2.45, 2.75) is 6.92 Å². The van der Waals surface area contributed by atoms with Crippen molar-refractivity contribution >= 4 is 25.7 Å². The first-order valence-electron chi connectivity index (χ1n) is 1.41. The van der Waals surface area contributed by atoms with Crippen molar-refractivity contribution in [2.24, 2.45) is 0 Å². The quantitative estimate of drug-likeness (QED) is 0.341. The molecule has 1 atom stereocenters. The molecule has 0 rings (SSSR count). The van der Waals surface area contributed by atoms with Crippen LogP contribution in [-0.2, 0) is 9.49 Å². The molecule has 0 radical (unpaired) electrons. The first-order valence-corrected chi connectivity index (χ1v) is 5.34. The fraction of sp³-hybridized carbons (Fsp3) is 1.00. The van der Waals surface area contributed by atoms with Gasteiger partial charge >= 0.3 is 38.4 Å². The van der Waals surface area contributed by atoms with E-state index in [1.165, 1.54) is 0 Å². The van der Waals surface area contributed by atoms with Gasteiger partial charge in [-0.1, -0.05) is 0 Å². The normalized spacial score (nSPS) is 9.20. The van der Waals surface area contributed by atoms with Crippen molar-refractivity contribution in [1.82, 2.24) is 0 Å². The van der Waals surface area contributed by atoms with Crippen molar-refractivity contribution in [1.29, 1.82) is 0 Å². The van der Waals surface area contributed by atoms with Crippen molar-refractivity contribution in [3.05, 3.63) is 0 Å². The Balaban J connectivity index is 2.97. The van der Waals surface area contributed by atoms with Crippen molar-refractivity contribution in [3.63, 3.8) is 0 Å².